The summed E-state index contributed by atoms with van der Waals surface area (Å²) in [6.45, 7) is 0.233. The molecule has 2 aromatic rings. The molecule has 100 valence electrons. The lowest BCUT2D eigenvalue weighted by atomic mass is 10.1. The lowest BCUT2D eigenvalue weighted by molar-refractivity contribution is 0.0642. The van der Waals surface area contributed by atoms with Crippen LogP contribution in [0.1, 0.15) is 26.3 Å². The summed E-state index contributed by atoms with van der Waals surface area (Å²) in [4.78, 5) is 30.2. The fourth-order valence-electron chi connectivity index (χ4n) is 2.24. The van der Waals surface area contributed by atoms with E-state index in [1.807, 2.05) is 0 Å². The van der Waals surface area contributed by atoms with Crippen LogP contribution in [0.5, 0.6) is 5.75 Å². The SMILES string of the molecule is NOc1ccc(CN2C(=O)c3ccccc3C2=O)cc1. The Balaban J connectivity index is 1.85. The normalized spacial score (nSPS) is 13.6. The number of amides is 2. The molecule has 0 atom stereocenters. The third-order valence-electron chi connectivity index (χ3n) is 3.28. The number of imide groups is 1. The molecule has 5 nitrogen and oxygen atoms in total. The Kier molecular flexibility index (Phi) is 2.96. The lowest BCUT2D eigenvalue weighted by Gasteiger charge is -2.13. The third-order valence-corrected chi connectivity index (χ3v) is 3.28. The van der Waals surface area contributed by atoms with E-state index in [0.29, 0.717) is 16.9 Å². The van der Waals surface area contributed by atoms with Crippen molar-refractivity contribution < 1.29 is 14.4 Å². The summed E-state index contributed by atoms with van der Waals surface area (Å²) in [6, 6.07) is 13.8. The van der Waals surface area contributed by atoms with E-state index in [2.05, 4.69) is 4.84 Å². The van der Waals surface area contributed by atoms with E-state index in [0.717, 1.165) is 5.56 Å². The molecule has 1 aliphatic rings. The van der Waals surface area contributed by atoms with Crippen LogP contribution in [0.2, 0.25) is 0 Å². The zero-order valence-corrected chi connectivity index (χ0v) is 10.6. The molecule has 0 spiro atoms. The van der Waals surface area contributed by atoms with Crippen LogP contribution in [0.25, 0.3) is 0 Å². The average molecular weight is 268 g/mol. The van der Waals surface area contributed by atoms with Gasteiger partial charge in [0.25, 0.3) is 11.8 Å². The van der Waals surface area contributed by atoms with Crippen molar-refractivity contribution in [3.05, 3.63) is 65.2 Å². The van der Waals surface area contributed by atoms with E-state index < -0.39 is 0 Å². The van der Waals surface area contributed by atoms with E-state index in [4.69, 9.17) is 5.90 Å². The van der Waals surface area contributed by atoms with Gasteiger partial charge < -0.3 is 4.84 Å². The van der Waals surface area contributed by atoms with Crippen LogP contribution in [0.15, 0.2) is 48.5 Å². The molecule has 0 aromatic heterocycles. The van der Waals surface area contributed by atoms with E-state index >= 15 is 0 Å². The highest BCUT2D eigenvalue weighted by molar-refractivity contribution is 6.21. The van der Waals surface area contributed by atoms with Gasteiger partial charge in [0, 0.05) is 0 Å². The Morgan fingerprint density at radius 1 is 0.900 bits per heavy atom. The minimum atomic E-state index is -0.259. The average Bonchev–Trinajstić information content (AvgIpc) is 2.74. The van der Waals surface area contributed by atoms with Gasteiger partial charge in [0.15, 0.2) is 0 Å². The Hall–Kier alpha value is -2.66. The van der Waals surface area contributed by atoms with Crippen LogP contribution in [0, 0.1) is 0 Å². The quantitative estimate of drug-likeness (QED) is 0.679. The first-order valence-electron chi connectivity index (χ1n) is 6.11. The predicted molar refractivity (Wildman–Crippen MR) is 71.9 cm³/mol. The van der Waals surface area contributed by atoms with Crippen LogP contribution in [-0.2, 0) is 6.54 Å². The number of rotatable bonds is 3. The molecule has 20 heavy (non-hydrogen) atoms. The van der Waals surface area contributed by atoms with Crippen molar-refractivity contribution in [3.63, 3.8) is 0 Å². The maximum atomic E-state index is 12.2. The summed E-state index contributed by atoms with van der Waals surface area (Å²) in [5.41, 5.74) is 1.75. The highest BCUT2D eigenvalue weighted by Crippen LogP contribution is 2.24. The number of nitrogens with zero attached hydrogens (tertiary/aromatic N) is 1. The number of carbonyl (C=O) groups is 2. The van der Waals surface area contributed by atoms with E-state index in [9.17, 15) is 9.59 Å². The van der Waals surface area contributed by atoms with Gasteiger partial charge in [-0.05, 0) is 29.8 Å². The van der Waals surface area contributed by atoms with Crippen LogP contribution in [0.3, 0.4) is 0 Å². The molecule has 0 saturated carbocycles. The van der Waals surface area contributed by atoms with Crippen molar-refractivity contribution in [1.29, 1.82) is 0 Å². The van der Waals surface area contributed by atoms with Crippen molar-refractivity contribution >= 4 is 11.8 Å². The second-order valence-electron chi connectivity index (χ2n) is 4.50. The van der Waals surface area contributed by atoms with Crippen molar-refractivity contribution in [3.8, 4) is 5.75 Å². The molecule has 0 unspecified atom stereocenters. The molecular formula is C15H12N2O3. The van der Waals surface area contributed by atoms with Crippen LogP contribution >= 0.6 is 0 Å². The third kappa shape index (κ3) is 1.94. The Labute approximate surface area is 115 Å². The number of carbonyl (C=O) groups excluding carboxylic acids is 2. The predicted octanol–water partition coefficient (Wildman–Crippen LogP) is 1.74. The highest BCUT2D eigenvalue weighted by atomic mass is 16.6. The van der Waals surface area contributed by atoms with Crippen molar-refractivity contribution in [2.45, 2.75) is 6.54 Å². The topological polar surface area (TPSA) is 72.6 Å². The highest BCUT2D eigenvalue weighted by Gasteiger charge is 2.34. The molecule has 0 aliphatic carbocycles. The van der Waals surface area contributed by atoms with Gasteiger partial charge in [-0.25, -0.2) is 0 Å². The monoisotopic (exact) mass is 268 g/mol. The standard InChI is InChI=1S/C15H12N2O3/c16-20-11-7-5-10(6-8-11)9-17-14(18)12-3-1-2-4-13(12)15(17)19/h1-8H,9,16H2. The number of hydrogen-bond donors (Lipinski definition) is 1. The summed E-state index contributed by atoms with van der Waals surface area (Å²) in [5, 5.41) is 0. The van der Waals surface area contributed by atoms with Gasteiger partial charge >= 0.3 is 0 Å². The minimum Gasteiger partial charge on any atom is -0.412 e. The molecule has 2 amide bonds. The molecule has 0 bridgehead atoms. The Morgan fingerprint density at radius 2 is 1.45 bits per heavy atom. The first kappa shape index (κ1) is 12.4. The van der Waals surface area contributed by atoms with Gasteiger partial charge in [-0.1, -0.05) is 24.3 Å². The molecule has 0 radical (unpaired) electrons. The molecular weight excluding hydrogens is 256 g/mol. The number of benzene rings is 2. The summed E-state index contributed by atoms with van der Waals surface area (Å²) in [5.74, 6) is 5.05. The zero-order chi connectivity index (χ0) is 14.1. The van der Waals surface area contributed by atoms with E-state index in [-0.39, 0.29) is 18.4 Å². The second kappa shape index (κ2) is 4.79. The number of nitrogens with two attached hydrogens (primary N) is 1. The van der Waals surface area contributed by atoms with Gasteiger partial charge in [-0.3, -0.25) is 14.5 Å². The fraction of sp³-hybridized carbons (Fsp3) is 0.0667. The smallest absolute Gasteiger partial charge is 0.261 e. The van der Waals surface area contributed by atoms with E-state index in [1.165, 1.54) is 4.90 Å². The molecule has 2 N–H and O–H groups in total. The van der Waals surface area contributed by atoms with Gasteiger partial charge in [-0.2, -0.15) is 5.90 Å². The fourth-order valence-corrected chi connectivity index (χ4v) is 2.24. The maximum absolute atomic E-state index is 12.2. The van der Waals surface area contributed by atoms with Crippen molar-refractivity contribution in [2.75, 3.05) is 0 Å². The first-order chi connectivity index (χ1) is 9.70. The van der Waals surface area contributed by atoms with Crippen LogP contribution in [-0.4, -0.2) is 16.7 Å². The van der Waals surface area contributed by atoms with Gasteiger partial charge in [0.05, 0.1) is 17.7 Å². The largest absolute Gasteiger partial charge is 0.412 e. The van der Waals surface area contributed by atoms with Gasteiger partial charge in [-0.15, -0.1) is 0 Å². The minimum absolute atomic E-state index is 0.233. The zero-order valence-electron chi connectivity index (χ0n) is 10.6. The molecule has 5 heteroatoms. The van der Waals surface area contributed by atoms with E-state index in [1.54, 1.807) is 48.5 Å². The number of hydrogen-bond acceptors (Lipinski definition) is 4. The molecule has 2 aromatic carbocycles. The Bertz CT molecular complexity index is 645. The summed E-state index contributed by atoms with van der Waals surface area (Å²) < 4.78 is 0. The van der Waals surface area contributed by atoms with Crippen molar-refractivity contribution in [2.24, 2.45) is 5.90 Å². The van der Waals surface area contributed by atoms with Crippen LogP contribution in [0.4, 0.5) is 0 Å². The Morgan fingerprint density at radius 3 is 1.95 bits per heavy atom. The summed E-state index contributed by atoms with van der Waals surface area (Å²) in [6.07, 6.45) is 0. The molecule has 1 aliphatic heterocycles. The summed E-state index contributed by atoms with van der Waals surface area (Å²) >= 11 is 0. The van der Waals surface area contributed by atoms with Gasteiger partial charge in [0.1, 0.15) is 5.75 Å². The van der Waals surface area contributed by atoms with Crippen LogP contribution < -0.4 is 10.7 Å². The summed E-state index contributed by atoms with van der Waals surface area (Å²) in [7, 11) is 0. The van der Waals surface area contributed by atoms with Gasteiger partial charge in [0.2, 0.25) is 0 Å². The number of fused-ring (bicyclic) bond motifs is 1. The first-order valence-corrected chi connectivity index (χ1v) is 6.11. The molecule has 1 heterocycles. The van der Waals surface area contributed by atoms with Crippen molar-refractivity contribution in [1.82, 2.24) is 4.90 Å². The second-order valence-corrected chi connectivity index (χ2v) is 4.50. The molecule has 0 saturated heterocycles. The lowest BCUT2D eigenvalue weighted by Crippen LogP contribution is -2.29. The molecule has 0 fully saturated rings. The molecule has 3 rings (SSSR count). The maximum Gasteiger partial charge on any atom is 0.261 e.